The lowest BCUT2D eigenvalue weighted by molar-refractivity contribution is -0.143. The highest BCUT2D eigenvalue weighted by atomic mass is 16.5. The fraction of sp³-hybridized carbons (Fsp3) is 0.294. The van der Waals surface area contributed by atoms with Gasteiger partial charge in [0.25, 0.3) is 5.91 Å². The average molecular weight is 345 g/mol. The van der Waals surface area contributed by atoms with Gasteiger partial charge in [-0.15, -0.1) is 0 Å². The summed E-state index contributed by atoms with van der Waals surface area (Å²) in [5, 5.41) is 4.63. The van der Waals surface area contributed by atoms with Crippen LogP contribution in [0.4, 0.5) is 4.79 Å². The van der Waals surface area contributed by atoms with Gasteiger partial charge in [0.2, 0.25) is 5.89 Å². The first kappa shape index (κ1) is 18.2. The molecule has 0 saturated carbocycles. The minimum atomic E-state index is -0.750. The van der Waals surface area contributed by atoms with Crippen LogP contribution in [0.2, 0.25) is 0 Å². The number of nitrogens with zero attached hydrogens (tertiary/aromatic N) is 1. The predicted molar refractivity (Wildman–Crippen MR) is 90.4 cm³/mol. The molecule has 0 aliphatic rings. The number of oxazole rings is 1. The smallest absolute Gasteiger partial charge is 0.331 e. The van der Waals surface area contributed by atoms with Crippen molar-refractivity contribution in [2.45, 2.75) is 26.3 Å². The summed E-state index contributed by atoms with van der Waals surface area (Å²) in [4.78, 5) is 38.7. The van der Waals surface area contributed by atoms with Crippen LogP contribution < -0.4 is 10.6 Å². The van der Waals surface area contributed by atoms with Crippen LogP contribution in [-0.2, 0) is 14.3 Å². The minimum absolute atomic E-state index is 0.0606. The molecule has 2 aromatic rings. The van der Waals surface area contributed by atoms with Gasteiger partial charge in [-0.1, -0.05) is 19.1 Å². The largest absolute Gasteiger partial charge is 0.452 e. The van der Waals surface area contributed by atoms with E-state index in [4.69, 9.17) is 9.15 Å². The summed E-state index contributed by atoms with van der Waals surface area (Å²) in [5.74, 6) is -1.22. The summed E-state index contributed by atoms with van der Waals surface area (Å²) >= 11 is 0. The van der Waals surface area contributed by atoms with Crippen LogP contribution >= 0.6 is 0 Å². The number of carbonyl (C=O) groups excluding carboxylic acids is 3. The van der Waals surface area contributed by atoms with Gasteiger partial charge in [0.05, 0.1) is 0 Å². The van der Waals surface area contributed by atoms with Gasteiger partial charge in [0.1, 0.15) is 5.52 Å². The third kappa shape index (κ3) is 5.76. The summed E-state index contributed by atoms with van der Waals surface area (Å²) in [6.45, 7) is 3.14. The predicted octanol–water partition coefficient (Wildman–Crippen LogP) is 2.01. The van der Waals surface area contributed by atoms with Gasteiger partial charge >= 0.3 is 12.0 Å². The van der Waals surface area contributed by atoms with Crippen LogP contribution in [0.5, 0.6) is 0 Å². The van der Waals surface area contributed by atoms with E-state index in [-0.39, 0.29) is 11.9 Å². The van der Waals surface area contributed by atoms with Crippen molar-refractivity contribution in [2.75, 3.05) is 6.61 Å². The Morgan fingerprint density at radius 2 is 2.08 bits per heavy atom. The molecule has 2 N–H and O–H groups in total. The van der Waals surface area contributed by atoms with Crippen LogP contribution in [0.1, 0.15) is 26.2 Å². The molecule has 8 nitrogen and oxygen atoms in total. The number of para-hydroxylation sites is 2. The molecule has 0 fully saturated rings. The number of esters is 1. The Morgan fingerprint density at radius 3 is 2.80 bits per heavy atom. The Kier molecular flexibility index (Phi) is 6.27. The molecule has 8 heteroatoms. The first-order valence-electron chi connectivity index (χ1n) is 7.78. The standard InChI is InChI=1S/C17H19N3O5/c1-3-11(2)18-17(23)20-14(21)10-24-16(22)9-8-15-19-12-6-4-5-7-13(12)25-15/h4-9,11H,3,10H2,1-2H3,(H2,18,20,21,23)/b9-8+/t11-/m1/s1. The first-order valence-corrected chi connectivity index (χ1v) is 7.78. The van der Waals surface area contributed by atoms with E-state index >= 15 is 0 Å². The van der Waals surface area contributed by atoms with Crippen molar-refractivity contribution in [1.82, 2.24) is 15.6 Å². The van der Waals surface area contributed by atoms with Crippen LogP contribution in [0.15, 0.2) is 34.8 Å². The number of hydrogen-bond acceptors (Lipinski definition) is 6. The maximum Gasteiger partial charge on any atom is 0.331 e. The van der Waals surface area contributed by atoms with E-state index in [2.05, 4.69) is 15.6 Å². The Bertz CT molecular complexity index is 763. The van der Waals surface area contributed by atoms with Gasteiger partial charge in [0, 0.05) is 18.2 Å². The van der Waals surface area contributed by atoms with Crippen molar-refractivity contribution >= 4 is 35.1 Å². The molecule has 0 saturated heterocycles. The van der Waals surface area contributed by atoms with Gasteiger partial charge < -0.3 is 14.5 Å². The highest BCUT2D eigenvalue weighted by Gasteiger charge is 2.11. The van der Waals surface area contributed by atoms with E-state index in [9.17, 15) is 14.4 Å². The quantitative estimate of drug-likeness (QED) is 0.612. The first-order chi connectivity index (χ1) is 12.0. The number of rotatable bonds is 6. The average Bonchev–Trinajstić information content (AvgIpc) is 3.00. The number of hydrogen-bond donors (Lipinski definition) is 2. The monoisotopic (exact) mass is 345 g/mol. The molecule has 0 aliphatic carbocycles. The zero-order chi connectivity index (χ0) is 18.2. The zero-order valence-corrected chi connectivity index (χ0v) is 13.9. The summed E-state index contributed by atoms with van der Waals surface area (Å²) < 4.78 is 10.2. The zero-order valence-electron chi connectivity index (χ0n) is 13.9. The second kappa shape index (κ2) is 8.62. The minimum Gasteiger partial charge on any atom is -0.452 e. The maximum absolute atomic E-state index is 11.6. The summed E-state index contributed by atoms with van der Waals surface area (Å²) in [6, 6.07) is 6.48. The number of imide groups is 1. The number of nitrogens with one attached hydrogen (secondary N) is 2. The summed E-state index contributed by atoms with van der Waals surface area (Å²) in [6.07, 6.45) is 3.17. The van der Waals surface area contributed by atoms with Crippen molar-refractivity contribution < 1.29 is 23.5 Å². The molecule has 1 aromatic heterocycles. The van der Waals surface area contributed by atoms with Gasteiger partial charge in [-0.05, 0) is 25.5 Å². The maximum atomic E-state index is 11.6. The van der Waals surface area contributed by atoms with E-state index in [1.54, 1.807) is 19.1 Å². The molecular weight excluding hydrogens is 326 g/mol. The van der Waals surface area contributed by atoms with E-state index in [1.807, 2.05) is 19.1 Å². The number of carbonyl (C=O) groups is 3. The molecule has 1 aromatic carbocycles. The Morgan fingerprint density at radius 1 is 1.32 bits per heavy atom. The van der Waals surface area contributed by atoms with Gasteiger partial charge in [-0.2, -0.15) is 0 Å². The molecule has 2 rings (SSSR count). The van der Waals surface area contributed by atoms with Crippen LogP contribution in [0.3, 0.4) is 0 Å². The van der Waals surface area contributed by atoms with E-state index in [1.165, 1.54) is 6.08 Å². The van der Waals surface area contributed by atoms with Crippen LogP contribution in [0, 0.1) is 0 Å². The van der Waals surface area contributed by atoms with E-state index < -0.39 is 24.5 Å². The van der Waals surface area contributed by atoms with Crippen molar-refractivity contribution in [3.8, 4) is 0 Å². The van der Waals surface area contributed by atoms with Crippen molar-refractivity contribution in [3.05, 3.63) is 36.2 Å². The van der Waals surface area contributed by atoms with Crippen molar-refractivity contribution in [1.29, 1.82) is 0 Å². The number of ether oxygens (including phenoxy) is 1. The second-order valence-electron chi connectivity index (χ2n) is 5.29. The van der Waals surface area contributed by atoms with Crippen molar-refractivity contribution in [3.63, 3.8) is 0 Å². The number of benzene rings is 1. The summed E-state index contributed by atoms with van der Waals surface area (Å²) in [5.41, 5.74) is 1.27. The molecule has 1 heterocycles. The third-order valence-electron chi connectivity index (χ3n) is 3.26. The number of aromatic nitrogens is 1. The van der Waals surface area contributed by atoms with Gasteiger partial charge in [0.15, 0.2) is 12.2 Å². The van der Waals surface area contributed by atoms with E-state index in [0.29, 0.717) is 11.1 Å². The number of fused-ring (bicyclic) bond motifs is 1. The molecular formula is C17H19N3O5. The molecule has 25 heavy (non-hydrogen) atoms. The Hall–Kier alpha value is -3.16. The number of urea groups is 1. The van der Waals surface area contributed by atoms with Crippen LogP contribution in [-0.4, -0.2) is 35.5 Å². The van der Waals surface area contributed by atoms with Gasteiger partial charge in [-0.3, -0.25) is 10.1 Å². The van der Waals surface area contributed by atoms with Gasteiger partial charge in [-0.25, -0.2) is 14.6 Å². The SMILES string of the molecule is CC[C@@H](C)NC(=O)NC(=O)COC(=O)/C=C/c1nc2ccccc2o1. The highest BCUT2D eigenvalue weighted by Crippen LogP contribution is 2.15. The van der Waals surface area contributed by atoms with Crippen molar-refractivity contribution in [2.24, 2.45) is 0 Å². The molecule has 1 atom stereocenters. The fourth-order valence-corrected chi connectivity index (χ4v) is 1.81. The topological polar surface area (TPSA) is 111 Å². The molecule has 0 unspecified atom stereocenters. The normalized spacial score (nSPS) is 12.1. The molecule has 0 spiro atoms. The lowest BCUT2D eigenvalue weighted by Crippen LogP contribution is -2.44. The third-order valence-corrected chi connectivity index (χ3v) is 3.26. The Balaban J connectivity index is 1.78. The lowest BCUT2D eigenvalue weighted by Gasteiger charge is -2.11. The molecule has 3 amide bonds. The fourth-order valence-electron chi connectivity index (χ4n) is 1.81. The van der Waals surface area contributed by atoms with Crippen LogP contribution in [0.25, 0.3) is 17.2 Å². The number of amides is 3. The molecule has 0 aliphatic heterocycles. The second-order valence-corrected chi connectivity index (χ2v) is 5.29. The Labute approximate surface area is 144 Å². The molecule has 0 bridgehead atoms. The summed E-state index contributed by atoms with van der Waals surface area (Å²) in [7, 11) is 0. The lowest BCUT2D eigenvalue weighted by atomic mass is 10.3. The highest BCUT2D eigenvalue weighted by molar-refractivity contribution is 5.96. The molecule has 0 radical (unpaired) electrons. The van der Waals surface area contributed by atoms with E-state index in [0.717, 1.165) is 12.5 Å². The molecule has 132 valence electrons.